The average Bonchev–Trinajstić information content (AvgIpc) is 2.75. The van der Waals surface area contributed by atoms with Gasteiger partial charge in [0.15, 0.2) is 11.8 Å². The summed E-state index contributed by atoms with van der Waals surface area (Å²) < 4.78 is 5.45. The molecule has 0 aliphatic heterocycles. The van der Waals surface area contributed by atoms with Crippen LogP contribution in [-0.2, 0) is 10.5 Å². The normalized spacial score (nSPS) is 10.5. The van der Waals surface area contributed by atoms with Gasteiger partial charge in [0.1, 0.15) is 5.75 Å². The van der Waals surface area contributed by atoms with E-state index in [9.17, 15) is 9.59 Å². The third-order valence-electron chi connectivity index (χ3n) is 4.36. The molecule has 166 valence electrons. The molecule has 0 atom stereocenters. The van der Waals surface area contributed by atoms with Crippen LogP contribution in [-0.4, -0.2) is 28.4 Å². The number of carbonyl (C=O) groups excluding carboxylic acids is 2. The smallest absolute Gasteiger partial charge is 0.276 e. The van der Waals surface area contributed by atoms with E-state index in [0.717, 1.165) is 27.7 Å². The average molecular weight is 471 g/mol. The maximum atomic E-state index is 12.3. The van der Waals surface area contributed by atoms with Crippen molar-refractivity contribution in [2.24, 2.45) is 0 Å². The van der Waals surface area contributed by atoms with Crippen LogP contribution in [0.25, 0.3) is 0 Å². The van der Waals surface area contributed by atoms with E-state index >= 15 is 0 Å². The standard InChI is InChI=1S/C23H23ClN4O3S/c1-14-10-19(24)8-9-20(14)31-12-21(29)27-28-22(30)18-6-4-17(5-7-18)13-32-23-25-15(2)11-16(3)26-23/h4-11H,12-13H2,1-3H3,(H,27,29)(H,28,30). The van der Waals surface area contributed by atoms with Gasteiger partial charge in [-0.25, -0.2) is 9.97 Å². The Kier molecular flexibility index (Phi) is 8.08. The second-order valence-corrected chi connectivity index (χ2v) is 8.50. The van der Waals surface area contributed by atoms with Crippen molar-refractivity contribution < 1.29 is 14.3 Å². The number of nitrogens with one attached hydrogen (secondary N) is 2. The van der Waals surface area contributed by atoms with Crippen molar-refractivity contribution in [2.45, 2.75) is 31.7 Å². The molecule has 3 rings (SSSR count). The van der Waals surface area contributed by atoms with Crippen molar-refractivity contribution in [1.82, 2.24) is 20.8 Å². The highest BCUT2D eigenvalue weighted by Crippen LogP contribution is 2.22. The number of ether oxygens (including phenoxy) is 1. The molecule has 2 N–H and O–H groups in total. The van der Waals surface area contributed by atoms with Gasteiger partial charge >= 0.3 is 0 Å². The van der Waals surface area contributed by atoms with E-state index in [1.165, 1.54) is 11.8 Å². The topological polar surface area (TPSA) is 93.2 Å². The molecular weight excluding hydrogens is 448 g/mol. The van der Waals surface area contributed by atoms with Gasteiger partial charge in [-0.3, -0.25) is 20.4 Å². The largest absolute Gasteiger partial charge is 0.483 e. The molecule has 0 radical (unpaired) electrons. The first kappa shape index (κ1) is 23.6. The quantitative estimate of drug-likeness (QED) is 0.305. The van der Waals surface area contributed by atoms with Gasteiger partial charge in [-0.05, 0) is 68.3 Å². The highest BCUT2D eigenvalue weighted by Gasteiger charge is 2.10. The molecule has 0 saturated carbocycles. The Labute approximate surface area is 195 Å². The zero-order valence-corrected chi connectivity index (χ0v) is 19.5. The van der Waals surface area contributed by atoms with Gasteiger partial charge in [-0.15, -0.1) is 0 Å². The van der Waals surface area contributed by atoms with Crippen LogP contribution < -0.4 is 15.6 Å². The number of aryl methyl sites for hydroxylation is 3. The lowest BCUT2D eigenvalue weighted by atomic mass is 10.1. The highest BCUT2D eigenvalue weighted by molar-refractivity contribution is 7.98. The summed E-state index contributed by atoms with van der Waals surface area (Å²) in [6.45, 7) is 5.48. The number of aromatic nitrogens is 2. The van der Waals surface area contributed by atoms with E-state index in [1.807, 2.05) is 39.0 Å². The van der Waals surface area contributed by atoms with Crippen LogP contribution in [0, 0.1) is 20.8 Å². The summed E-state index contributed by atoms with van der Waals surface area (Å²) in [5.74, 6) is 0.339. The fraction of sp³-hybridized carbons (Fsp3) is 0.217. The van der Waals surface area contributed by atoms with Gasteiger partial charge in [-0.2, -0.15) is 0 Å². The van der Waals surface area contributed by atoms with Crippen LogP contribution in [0.15, 0.2) is 53.7 Å². The molecule has 0 aliphatic carbocycles. The van der Waals surface area contributed by atoms with Crippen molar-refractivity contribution in [2.75, 3.05) is 6.61 Å². The van der Waals surface area contributed by atoms with Crippen LogP contribution in [0.5, 0.6) is 5.75 Å². The molecule has 1 heterocycles. The summed E-state index contributed by atoms with van der Waals surface area (Å²) in [5.41, 5.74) is 8.87. The number of hydrazine groups is 1. The number of rotatable bonds is 7. The number of amides is 2. The van der Waals surface area contributed by atoms with Crippen LogP contribution in [0.2, 0.25) is 5.02 Å². The number of thioether (sulfide) groups is 1. The molecule has 0 fully saturated rings. The molecular formula is C23H23ClN4O3S. The van der Waals surface area contributed by atoms with Crippen molar-refractivity contribution >= 4 is 35.2 Å². The van der Waals surface area contributed by atoms with Crippen LogP contribution in [0.3, 0.4) is 0 Å². The maximum Gasteiger partial charge on any atom is 0.276 e. The Morgan fingerprint density at radius 3 is 2.31 bits per heavy atom. The monoisotopic (exact) mass is 470 g/mol. The Balaban J connectivity index is 1.45. The van der Waals surface area contributed by atoms with Gasteiger partial charge in [0, 0.05) is 27.7 Å². The molecule has 0 spiro atoms. The van der Waals surface area contributed by atoms with E-state index < -0.39 is 11.8 Å². The van der Waals surface area contributed by atoms with E-state index in [-0.39, 0.29) is 6.61 Å². The van der Waals surface area contributed by atoms with Crippen LogP contribution in [0.4, 0.5) is 0 Å². The summed E-state index contributed by atoms with van der Waals surface area (Å²) in [6, 6.07) is 14.2. The minimum absolute atomic E-state index is 0.237. The summed E-state index contributed by atoms with van der Waals surface area (Å²) in [5, 5.41) is 1.32. The molecule has 9 heteroatoms. The van der Waals surface area contributed by atoms with E-state index in [2.05, 4.69) is 20.8 Å². The zero-order valence-electron chi connectivity index (χ0n) is 17.9. The first-order chi connectivity index (χ1) is 15.3. The summed E-state index contributed by atoms with van der Waals surface area (Å²) in [6.07, 6.45) is 0. The molecule has 2 aromatic carbocycles. The predicted molar refractivity (Wildman–Crippen MR) is 125 cm³/mol. The number of carbonyl (C=O) groups is 2. The molecule has 7 nitrogen and oxygen atoms in total. The van der Waals surface area contributed by atoms with Crippen LogP contribution in [0.1, 0.15) is 32.9 Å². The number of nitrogens with zero attached hydrogens (tertiary/aromatic N) is 2. The van der Waals surface area contributed by atoms with Gasteiger partial charge in [0.25, 0.3) is 11.8 Å². The molecule has 0 saturated heterocycles. The molecule has 1 aromatic heterocycles. The fourth-order valence-corrected chi connectivity index (χ4v) is 3.94. The second-order valence-electron chi connectivity index (χ2n) is 7.12. The van der Waals surface area contributed by atoms with Gasteiger partial charge in [0.2, 0.25) is 0 Å². The van der Waals surface area contributed by atoms with Crippen molar-refractivity contribution in [3.05, 3.63) is 81.6 Å². The van der Waals surface area contributed by atoms with Gasteiger partial charge in [0.05, 0.1) is 0 Å². The Morgan fingerprint density at radius 2 is 1.66 bits per heavy atom. The van der Waals surface area contributed by atoms with Crippen molar-refractivity contribution in [3.63, 3.8) is 0 Å². The first-order valence-electron chi connectivity index (χ1n) is 9.82. The molecule has 0 unspecified atom stereocenters. The molecule has 3 aromatic rings. The molecule has 0 aliphatic rings. The first-order valence-corrected chi connectivity index (χ1v) is 11.2. The predicted octanol–water partition coefficient (Wildman–Crippen LogP) is 4.19. The second kappa shape index (κ2) is 11.0. The number of hydrogen-bond donors (Lipinski definition) is 2. The van der Waals surface area contributed by atoms with Gasteiger partial charge in [-0.1, -0.05) is 35.5 Å². The minimum atomic E-state index is -0.478. The van der Waals surface area contributed by atoms with Crippen molar-refractivity contribution in [3.8, 4) is 5.75 Å². The van der Waals surface area contributed by atoms with E-state index in [0.29, 0.717) is 22.1 Å². The third kappa shape index (κ3) is 6.96. The van der Waals surface area contributed by atoms with Gasteiger partial charge < -0.3 is 4.74 Å². The lowest BCUT2D eigenvalue weighted by Gasteiger charge is -2.11. The SMILES string of the molecule is Cc1cc(C)nc(SCc2ccc(C(=O)NNC(=O)COc3ccc(Cl)cc3C)cc2)n1. The Morgan fingerprint density at radius 1 is 0.969 bits per heavy atom. The number of halogens is 1. The fourth-order valence-electron chi connectivity index (χ4n) is 2.81. The summed E-state index contributed by atoms with van der Waals surface area (Å²) in [7, 11) is 0. The molecule has 2 amide bonds. The minimum Gasteiger partial charge on any atom is -0.483 e. The number of hydrogen-bond acceptors (Lipinski definition) is 6. The Hall–Kier alpha value is -3.10. The van der Waals surface area contributed by atoms with Crippen LogP contribution >= 0.6 is 23.4 Å². The number of benzene rings is 2. The third-order valence-corrected chi connectivity index (χ3v) is 5.51. The Bertz CT molecular complexity index is 1100. The maximum absolute atomic E-state index is 12.3. The molecule has 32 heavy (non-hydrogen) atoms. The van der Waals surface area contributed by atoms with Crippen molar-refractivity contribution in [1.29, 1.82) is 0 Å². The lowest BCUT2D eigenvalue weighted by molar-refractivity contribution is -0.123. The zero-order chi connectivity index (χ0) is 23.1. The molecule has 0 bridgehead atoms. The van der Waals surface area contributed by atoms with E-state index in [1.54, 1.807) is 30.3 Å². The van der Waals surface area contributed by atoms with E-state index in [4.69, 9.17) is 16.3 Å². The summed E-state index contributed by atoms with van der Waals surface area (Å²) in [4.78, 5) is 33.1. The summed E-state index contributed by atoms with van der Waals surface area (Å²) >= 11 is 7.43. The lowest BCUT2D eigenvalue weighted by Crippen LogP contribution is -2.43. The highest BCUT2D eigenvalue weighted by atomic mass is 35.5.